The number of piperidine rings is 1. The van der Waals surface area contributed by atoms with Crippen LogP contribution < -0.4 is 24.0 Å². The summed E-state index contributed by atoms with van der Waals surface area (Å²) in [6.07, 6.45) is 14.9. The molecule has 0 radical (unpaired) electrons. The minimum atomic E-state index is 0. The fourth-order valence-corrected chi connectivity index (χ4v) is 4.09. The normalized spacial score (nSPS) is 24.5. The minimum Gasteiger partial charge on any atom is -1.00 e. The second-order valence-electron chi connectivity index (χ2n) is 6.61. The lowest BCUT2D eigenvalue weighted by Gasteiger charge is -2.44. The molecule has 1 aliphatic heterocycles. The molecular weight excluding hydrogens is 333 g/mol. The molecule has 0 atom stereocenters. The first-order valence-electron chi connectivity index (χ1n) is 8.20. The lowest BCUT2D eigenvalue weighted by molar-refractivity contribution is -0.935. The molecule has 2 aliphatic rings. The Morgan fingerprint density at radius 2 is 1.50 bits per heavy atom. The van der Waals surface area contributed by atoms with Crippen molar-refractivity contribution in [3.8, 4) is 0 Å². The van der Waals surface area contributed by atoms with Crippen LogP contribution in [0.1, 0.15) is 71.1 Å². The maximum Gasteiger partial charge on any atom is 0.0815 e. The Hall–Kier alpha value is 0.690. The fraction of sp³-hybridized carbons (Fsp3) is 1.00. The summed E-state index contributed by atoms with van der Waals surface area (Å²) in [6, 6.07) is 0. The molecule has 0 aromatic heterocycles. The molecule has 0 amide bonds. The molecule has 18 heavy (non-hydrogen) atoms. The first-order valence-corrected chi connectivity index (χ1v) is 8.20. The van der Waals surface area contributed by atoms with Crippen LogP contribution in [0.2, 0.25) is 0 Å². The van der Waals surface area contributed by atoms with E-state index in [0.717, 1.165) is 5.92 Å². The number of quaternary nitrogens is 1. The van der Waals surface area contributed by atoms with Crippen LogP contribution in [0.4, 0.5) is 0 Å². The summed E-state index contributed by atoms with van der Waals surface area (Å²) in [4.78, 5) is 0. The summed E-state index contributed by atoms with van der Waals surface area (Å²) in [5.41, 5.74) is 0. The van der Waals surface area contributed by atoms with Crippen molar-refractivity contribution in [1.82, 2.24) is 0 Å². The third-order valence-corrected chi connectivity index (χ3v) is 5.12. The summed E-state index contributed by atoms with van der Waals surface area (Å²) in [5, 5.41) is 0. The van der Waals surface area contributed by atoms with Crippen molar-refractivity contribution < 1.29 is 28.5 Å². The molecule has 2 heteroatoms. The van der Waals surface area contributed by atoms with Gasteiger partial charge < -0.3 is 28.5 Å². The molecule has 2 rings (SSSR count). The number of hydrogen-bond donors (Lipinski definition) is 0. The second kappa shape index (κ2) is 8.78. The quantitative estimate of drug-likeness (QED) is 0.510. The van der Waals surface area contributed by atoms with Crippen LogP contribution in [0.3, 0.4) is 0 Å². The first-order chi connectivity index (χ1) is 8.35. The standard InChI is InChI=1S/C16H32N.HI/c1-2-3-12-17(13-8-5-9-14-17)15-16-10-6-4-7-11-16;/h16H,2-15H2,1H3;1H/q+1;/p-1. The summed E-state index contributed by atoms with van der Waals surface area (Å²) in [7, 11) is 0. The zero-order valence-corrected chi connectivity index (χ0v) is 14.5. The Morgan fingerprint density at radius 3 is 2.11 bits per heavy atom. The minimum absolute atomic E-state index is 0. The van der Waals surface area contributed by atoms with Gasteiger partial charge in [0.15, 0.2) is 0 Å². The Kier molecular flexibility index (Phi) is 8.17. The molecule has 1 heterocycles. The molecule has 0 bridgehead atoms. The Morgan fingerprint density at radius 1 is 0.889 bits per heavy atom. The number of halogens is 1. The van der Waals surface area contributed by atoms with E-state index in [1.165, 1.54) is 94.9 Å². The number of hydrogen-bond acceptors (Lipinski definition) is 0. The van der Waals surface area contributed by atoms with E-state index >= 15 is 0 Å². The van der Waals surface area contributed by atoms with E-state index in [1.54, 1.807) is 0 Å². The van der Waals surface area contributed by atoms with E-state index < -0.39 is 0 Å². The Balaban J connectivity index is 0.00000162. The summed E-state index contributed by atoms with van der Waals surface area (Å²) in [6.45, 7) is 8.35. The molecular formula is C16H32IN. The SMILES string of the molecule is CCCC[N+]1(CC2CCCCC2)CCCCC1.[I-]. The van der Waals surface area contributed by atoms with Gasteiger partial charge in [-0.25, -0.2) is 0 Å². The predicted octanol–water partition coefficient (Wildman–Crippen LogP) is 1.37. The molecule has 1 aliphatic carbocycles. The van der Waals surface area contributed by atoms with Crippen LogP contribution in [0.15, 0.2) is 0 Å². The van der Waals surface area contributed by atoms with Gasteiger partial charge in [0.05, 0.1) is 26.2 Å². The molecule has 0 N–H and O–H groups in total. The van der Waals surface area contributed by atoms with E-state index in [1.807, 2.05) is 0 Å². The molecule has 1 saturated heterocycles. The van der Waals surface area contributed by atoms with E-state index in [-0.39, 0.29) is 24.0 Å². The van der Waals surface area contributed by atoms with E-state index in [4.69, 9.17) is 0 Å². The van der Waals surface area contributed by atoms with Crippen molar-refractivity contribution in [2.45, 2.75) is 71.1 Å². The topological polar surface area (TPSA) is 0 Å². The van der Waals surface area contributed by atoms with Crippen molar-refractivity contribution in [3.63, 3.8) is 0 Å². The largest absolute Gasteiger partial charge is 1.00 e. The van der Waals surface area contributed by atoms with Crippen LogP contribution in [0.25, 0.3) is 0 Å². The van der Waals surface area contributed by atoms with Crippen molar-refractivity contribution in [2.75, 3.05) is 26.2 Å². The van der Waals surface area contributed by atoms with Crippen LogP contribution in [0, 0.1) is 5.92 Å². The number of unbranched alkanes of at least 4 members (excludes halogenated alkanes) is 1. The maximum absolute atomic E-state index is 2.35. The smallest absolute Gasteiger partial charge is 0.0815 e. The lowest BCUT2D eigenvalue weighted by atomic mass is 9.87. The molecule has 1 nitrogen and oxygen atoms in total. The lowest BCUT2D eigenvalue weighted by Crippen LogP contribution is -3.00. The number of likely N-dealkylation sites (tertiary alicyclic amines) is 1. The molecule has 0 aromatic rings. The number of nitrogens with zero attached hydrogens (tertiary/aromatic N) is 1. The second-order valence-corrected chi connectivity index (χ2v) is 6.61. The zero-order chi connectivity index (χ0) is 12.0. The highest BCUT2D eigenvalue weighted by molar-refractivity contribution is 4.67. The van der Waals surface area contributed by atoms with Crippen molar-refractivity contribution in [3.05, 3.63) is 0 Å². The van der Waals surface area contributed by atoms with Gasteiger partial charge in [-0.05, 0) is 38.5 Å². The van der Waals surface area contributed by atoms with E-state index in [0.29, 0.717) is 0 Å². The van der Waals surface area contributed by atoms with Crippen molar-refractivity contribution >= 4 is 0 Å². The maximum atomic E-state index is 2.35. The average Bonchev–Trinajstić information content (AvgIpc) is 2.39. The van der Waals surface area contributed by atoms with Gasteiger partial charge in [-0.15, -0.1) is 0 Å². The highest BCUT2D eigenvalue weighted by Crippen LogP contribution is 2.29. The molecule has 108 valence electrons. The number of rotatable bonds is 5. The van der Waals surface area contributed by atoms with Gasteiger partial charge in [0.1, 0.15) is 0 Å². The Labute approximate surface area is 131 Å². The molecule has 0 aromatic carbocycles. The van der Waals surface area contributed by atoms with Crippen LogP contribution in [0.5, 0.6) is 0 Å². The van der Waals surface area contributed by atoms with Gasteiger partial charge in [0, 0.05) is 5.92 Å². The summed E-state index contributed by atoms with van der Waals surface area (Å²) >= 11 is 0. The van der Waals surface area contributed by atoms with Gasteiger partial charge in [-0.3, -0.25) is 0 Å². The fourth-order valence-electron chi connectivity index (χ4n) is 4.09. The van der Waals surface area contributed by atoms with Crippen molar-refractivity contribution in [2.24, 2.45) is 5.92 Å². The molecule has 0 unspecified atom stereocenters. The zero-order valence-electron chi connectivity index (χ0n) is 12.3. The van der Waals surface area contributed by atoms with Gasteiger partial charge in [-0.1, -0.05) is 32.6 Å². The molecule has 0 spiro atoms. The van der Waals surface area contributed by atoms with Gasteiger partial charge in [0.25, 0.3) is 0 Å². The van der Waals surface area contributed by atoms with Gasteiger partial charge in [-0.2, -0.15) is 0 Å². The molecule has 2 fully saturated rings. The van der Waals surface area contributed by atoms with Gasteiger partial charge in [0.2, 0.25) is 0 Å². The third kappa shape index (κ3) is 4.99. The highest BCUT2D eigenvalue weighted by Gasteiger charge is 2.32. The predicted molar refractivity (Wildman–Crippen MR) is 75.1 cm³/mol. The van der Waals surface area contributed by atoms with Crippen molar-refractivity contribution in [1.29, 1.82) is 0 Å². The van der Waals surface area contributed by atoms with E-state index in [2.05, 4.69) is 6.92 Å². The average molecular weight is 365 g/mol. The molecule has 1 saturated carbocycles. The van der Waals surface area contributed by atoms with Crippen LogP contribution >= 0.6 is 0 Å². The van der Waals surface area contributed by atoms with Gasteiger partial charge >= 0.3 is 0 Å². The van der Waals surface area contributed by atoms with Crippen LogP contribution in [-0.2, 0) is 0 Å². The third-order valence-electron chi connectivity index (χ3n) is 5.12. The summed E-state index contributed by atoms with van der Waals surface area (Å²) < 4.78 is 1.50. The van der Waals surface area contributed by atoms with E-state index in [9.17, 15) is 0 Å². The summed E-state index contributed by atoms with van der Waals surface area (Å²) in [5.74, 6) is 1.07. The first kappa shape index (κ1) is 16.7. The van der Waals surface area contributed by atoms with Crippen LogP contribution in [-0.4, -0.2) is 30.7 Å². The highest BCUT2D eigenvalue weighted by atomic mass is 127. The monoisotopic (exact) mass is 365 g/mol. The Bertz CT molecular complexity index is 205.